The number of hydrogen-bond acceptors (Lipinski definition) is 12. The van der Waals surface area contributed by atoms with E-state index in [-0.39, 0.29) is 18.7 Å². The normalized spacial score (nSPS) is 15.2. The Morgan fingerprint density at radius 1 is 0.871 bits per heavy atom. The van der Waals surface area contributed by atoms with E-state index in [0.29, 0.717) is 80.7 Å². The molecule has 70 heavy (non-hydrogen) atoms. The number of carbonyl (C=O) groups excluding carboxylic acids is 3. The molecule has 376 valence electrons. The van der Waals surface area contributed by atoms with Crippen LogP contribution < -0.4 is 20.4 Å². The summed E-state index contributed by atoms with van der Waals surface area (Å²) in [6, 6.07) is 18.7. The topological polar surface area (TPSA) is 147 Å². The van der Waals surface area contributed by atoms with Crippen LogP contribution in [0.3, 0.4) is 0 Å². The van der Waals surface area contributed by atoms with Crippen molar-refractivity contribution in [1.82, 2.24) is 29.7 Å². The number of piperazine rings is 1. The van der Waals surface area contributed by atoms with E-state index in [0.717, 1.165) is 98.4 Å². The molecule has 3 heterocycles. The van der Waals surface area contributed by atoms with Crippen LogP contribution in [0.4, 0.5) is 27.4 Å². The van der Waals surface area contributed by atoms with Gasteiger partial charge in [-0.05, 0) is 79.1 Å². The summed E-state index contributed by atoms with van der Waals surface area (Å²) in [7, 11) is 5.34. The minimum absolute atomic E-state index is 0.147. The molecular weight excluding hydrogens is 913 g/mol. The van der Waals surface area contributed by atoms with Gasteiger partial charge in [-0.1, -0.05) is 61.2 Å². The molecule has 17 heteroatoms. The lowest BCUT2D eigenvalue weighted by molar-refractivity contribution is -0.121. The van der Waals surface area contributed by atoms with Crippen LogP contribution in [0.25, 0.3) is 22.2 Å². The maximum atomic E-state index is 14.1. The van der Waals surface area contributed by atoms with Gasteiger partial charge in [0.25, 0.3) is 0 Å². The maximum absolute atomic E-state index is 14.1. The molecule has 15 nitrogen and oxygen atoms in total. The van der Waals surface area contributed by atoms with E-state index in [1.807, 2.05) is 43.4 Å². The first-order valence-electron chi connectivity index (χ1n) is 24.7. The molecule has 1 unspecified atom stereocenters. The molecule has 0 radical (unpaired) electrons. The van der Waals surface area contributed by atoms with Gasteiger partial charge in [-0.3, -0.25) is 19.4 Å². The molecule has 5 aromatic rings. The second-order valence-electron chi connectivity index (χ2n) is 18.4. The minimum atomic E-state index is -0.741. The third kappa shape index (κ3) is 14.8. The number of aldehydes is 1. The zero-order valence-electron chi connectivity index (χ0n) is 40.9. The van der Waals surface area contributed by atoms with E-state index >= 15 is 0 Å². The van der Waals surface area contributed by atoms with Crippen LogP contribution in [0.15, 0.2) is 73.1 Å². The smallest absolute Gasteiger partial charge is 0.229 e. The number of nitrogens with one attached hydrogen (secondary N) is 2. The molecule has 2 aliphatic rings. The van der Waals surface area contributed by atoms with Gasteiger partial charge in [-0.15, -0.1) is 0 Å². The van der Waals surface area contributed by atoms with Crippen LogP contribution in [0.5, 0.6) is 0 Å². The number of rotatable bonds is 27. The average Bonchev–Trinajstić information content (AvgIpc) is 3.75. The lowest BCUT2D eigenvalue weighted by atomic mass is 9.95. The minimum Gasteiger partial charge on any atom is -0.379 e. The fourth-order valence-corrected chi connectivity index (χ4v) is 9.56. The molecule has 1 aliphatic carbocycles. The van der Waals surface area contributed by atoms with E-state index in [4.69, 9.17) is 30.8 Å². The summed E-state index contributed by atoms with van der Waals surface area (Å²) in [5, 5.41) is 7.01. The monoisotopic (exact) mass is 982 g/mol. The first-order valence-corrected chi connectivity index (χ1v) is 25.1. The standard InChI is InChI=1S/C53H69ClFN9O6/c1-56-51(67)18-16-46(37-65)64(38-66)49-17-13-39(30-50(49)60(2)3)8-7-24-68-26-28-70-29-27-69-25-23-61-19-21-62(22-20-61)35-40-11-14-41(15-12-40)48-36-63(45-9-5-4-6-10-45)52-47(48)34-57-53(59-52)58-44-32-42(54)31-43(55)33-44/h11-15,17,30-34,36-38,45-46H,4-10,16,18-29,35H2,1-3H3,(H,56,67)(H,57,58,59). The lowest BCUT2D eigenvalue weighted by Crippen LogP contribution is -2.46. The first kappa shape index (κ1) is 52.3. The number of ether oxygens (including phenoxy) is 3. The second-order valence-corrected chi connectivity index (χ2v) is 18.8. The van der Waals surface area contributed by atoms with Crippen molar-refractivity contribution in [2.75, 3.05) is 109 Å². The molecule has 1 saturated heterocycles. The summed E-state index contributed by atoms with van der Waals surface area (Å²) in [5.74, 6) is -0.191. The first-order chi connectivity index (χ1) is 34.1. The molecule has 3 aromatic carbocycles. The Kier molecular flexibility index (Phi) is 19.9. The fourth-order valence-electron chi connectivity index (χ4n) is 9.34. The van der Waals surface area contributed by atoms with Crippen LogP contribution >= 0.6 is 11.6 Å². The Balaban J connectivity index is 0.765. The van der Waals surface area contributed by atoms with Crippen molar-refractivity contribution in [2.45, 2.75) is 76.4 Å². The highest BCUT2D eigenvalue weighted by molar-refractivity contribution is 6.30. The largest absolute Gasteiger partial charge is 0.379 e. The number of carbonyl (C=O) groups is 3. The van der Waals surface area contributed by atoms with Gasteiger partial charge in [0.1, 0.15) is 17.8 Å². The third-order valence-electron chi connectivity index (χ3n) is 13.2. The van der Waals surface area contributed by atoms with Crippen LogP contribution in [0.1, 0.15) is 68.5 Å². The van der Waals surface area contributed by atoms with Gasteiger partial charge in [0.15, 0.2) is 0 Å². The molecule has 0 bridgehead atoms. The number of halogens is 2. The van der Waals surface area contributed by atoms with Crippen LogP contribution in [0.2, 0.25) is 5.02 Å². The Labute approximate surface area is 416 Å². The van der Waals surface area contributed by atoms with Gasteiger partial charge >= 0.3 is 0 Å². The third-order valence-corrected chi connectivity index (χ3v) is 13.4. The Hall–Kier alpha value is -5.49. The number of amides is 2. The van der Waals surface area contributed by atoms with Crippen molar-refractivity contribution in [3.63, 3.8) is 0 Å². The Morgan fingerprint density at radius 3 is 2.26 bits per heavy atom. The van der Waals surface area contributed by atoms with Gasteiger partial charge in [-0.2, -0.15) is 4.98 Å². The van der Waals surface area contributed by atoms with Crippen LogP contribution in [-0.2, 0) is 41.6 Å². The van der Waals surface area contributed by atoms with E-state index in [9.17, 15) is 18.8 Å². The highest BCUT2D eigenvalue weighted by Crippen LogP contribution is 2.37. The van der Waals surface area contributed by atoms with E-state index in [1.54, 1.807) is 13.1 Å². The number of aromatic nitrogens is 3. The number of nitrogens with zero attached hydrogens (tertiary/aromatic N) is 7. The highest BCUT2D eigenvalue weighted by atomic mass is 35.5. The molecule has 2 fully saturated rings. The maximum Gasteiger partial charge on any atom is 0.229 e. The van der Waals surface area contributed by atoms with Gasteiger partial charge < -0.3 is 44.0 Å². The number of anilines is 4. The zero-order valence-corrected chi connectivity index (χ0v) is 41.7. The summed E-state index contributed by atoms with van der Waals surface area (Å²) in [6.45, 7) is 9.15. The molecule has 1 saturated carbocycles. The van der Waals surface area contributed by atoms with Gasteiger partial charge in [0.05, 0.1) is 50.5 Å². The van der Waals surface area contributed by atoms with Gasteiger partial charge in [0, 0.05) is 114 Å². The van der Waals surface area contributed by atoms with E-state index in [1.165, 1.54) is 41.9 Å². The van der Waals surface area contributed by atoms with Gasteiger partial charge in [-0.25, -0.2) is 9.37 Å². The predicted octanol–water partition coefficient (Wildman–Crippen LogP) is 8.06. The molecule has 2 aromatic heterocycles. The molecule has 2 N–H and O–H groups in total. The quantitative estimate of drug-likeness (QED) is 0.0388. The van der Waals surface area contributed by atoms with E-state index in [2.05, 4.69) is 60.4 Å². The van der Waals surface area contributed by atoms with E-state index < -0.39 is 11.9 Å². The van der Waals surface area contributed by atoms with Crippen molar-refractivity contribution in [3.8, 4) is 11.1 Å². The van der Waals surface area contributed by atoms with Crippen molar-refractivity contribution >= 4 is 64.2 Å². The Bertz CT molecular complexity index is 2440. The van der Waals surface area contributed by atoms with Crippen molar-refractivity contribution in [3.05, 3.63) is 95.0 Å². The van der Waals surface area contributed by atoms with Crippen molar-refractivity contribution in [2.24, 2.45) is 0 Å². The van der Waals surface area contributed by atoms with Crippen molar-refractivity contribution < 1.29 is 33.0 Å². The molecule has 1 aliphatic heterocycles. The zero-order chi connectivity index (χ0) is 49.2. The summed E-state index contributed by atoms with van der Waals surface area (Å²) in [4.78, 5) is 53.6. The average molecular weight is 983 g/mol. The number of aryl methyl sites for hydroxylation is 1. The van der Waals surface area contributed by atoms with Crippen LogP contribution in [0, 0.1) is 5.82 Å². The summed E-state index contributed by atoms with van der Waals surface area (Å²) in [6.07, 6.45) is 13.4. The molecule has 1 atom stereocenters. The van der Waals surface area contributed by atoms with Crippen LogP contribution in [-0.4, -0.2) is 142 Å². The SMILES string of the molecule is CNC(=O)CCC(C=O)N(C=O)c1ccc(CCCOCCOCCOCCN2CCN(Cc3ccc(-c4cn(C5CCCCC5)c5nc(Nc6cc(F)cc(Cl)c6)ncc45)cc3)CC2)cc1N(C)C. The molecule has 7 rings (SSSR count). The summed E-state index contributed by atoms with van der Waals surface area (Å²) < 4.78 is 33.9. The highest BCUT2D eigenvalue weighted by Gasteiger charge is 2.24. The predicted molar refractivity (Wildman–Crippen MR) is 275 cm³/mol. The summed E-state index contributed by atoms with van der Waals surface area (Å²) in [5.41, 5.74) is 7.45. The lowest BCUT2D eigenvalue weighted by Gasteiger charge is -2.34. The molecule has 2 amide bonds. The number of benzene rings is 3. The van der Waals surface area contributed by atoms with Crippen molar-refractivity contribution in [1.29, 1.82) is 0 Å². The molecular formula is C53H69ClFN9O6. The second kappa shape index (κ2) is 26.6. The summed E-state index contributed by atoms with van der Waals surface area (Å²) >= 11 is 6.11. The number of hydrogen-bond donors (Lipinski definition) is 2. The van der Waals surface area contributed by atoms with Gasteiger partial charge in [0.2, 0.25) is 18.3 Å². The molecule has 0 spiro atoms. The fraction of sp³-hybridized carbons (Fsp3) is 0.491. The Morgan fingerprint density at radius 2 is 1.57 bits per heavy atom. The number of fused-ring (bicyclic) bond motifs is 1.